The highest BCUT2D eigenvalue weighted by Gasteiger charge is 2.25. The van der Waals surface area contributed by atoms with Gasteiger partial charge < -0.3 is 9.64 Å². The lowest BCUT2D eigenvalue weighted by Crippen LogP contribution is -2.45. The predicted molar refractivity (Wildman–Crippen MR) is 88.1 cm³/mol. The first-order valence-electron chi connectivity index (χ1n) is 7.05. The zero-order valence-corrected chi connectivity index (χ0v) is 14.8. The largest absolute Gasteiger partial charge is 0.481 e. The molecular weight excluding hydrogens is 326 g/mol. The second-order valence-corrected chi connectivity index (χ2v) is 8.05. The Hall–Kier alpha value is -1.27. The van der Waals surface area contributed by atoms with Gasteiger partial charge in [-0.1, -0.05) is 24.6 Å². The number of ether oxygens (including phenoxy) is 1. The van der Waals surface area contributed by atoms with Crippen molar-refractivity contribution in [3.05, 3.63) is 29.3 Å². The molecule has 0 saturated carbocycles. The van der Waals surface area contributed by atoms with Crippen molar-refractivity contribution in [2.75, 3.05) is 18.6 Å². The van der Waals surface area contributed by atoms with Gasteiger partial charge in [-0.25, -0.2) is 8.42 Å². The third-order valence-electron chi connectivity index (χ3n) is 3.40. The summed E-state index contributed by atoms with van der Waals surface area (Å²) in [5.74, 6) is 0.221. The average Bonchev–Trinajstić information content (AvgIpc) is 2.45. The fourth-order valence-electron chi connectivity index (χ4n) is 1.90. The van der Waals surface area contributed by atoms with Crippen molar-refractivity contribution in [1.82, 2.24) is 4.90 Å². The van der Waals surface area contributed by atoms with E-state index in [4.69, 9.17) is 16.3 Å². The van der Waals surface area contributed by atoms with E-state index in [-0.39, 0.29) is 17.4 Å². The van der Waals surface area contributed by atoms with Crippen LogP contribution in [0.3, 0.4) is 0 Å². The minimum atomic E-state index is -3.14. The fourth-order valence-corrected chi connectivity index (χ4v) is 3.27. The number of sulfone groups is 1. The van der Waals surface area contributed by atoms with Gasteiger partial charge in [0.25, 0.3) is 5.91 Å². The Kier molecular flexibility index (Phi) is 6.68. The summed E-state index contributed by atoms with van der Waals surface area (Å²) in [6, 6.07) is 6.36. The van der Waals surface area contributed by atoms with Gasteiger partial charge in [-0.2, -0.15) is 0 Å². The van der Waals surface area contributed by atoms with E-state index < -0.39 is 22.0 Å². The van der Waals surface area contributed by atoms with Gasteiger partial charge in [-0.05, 0) is 32.0 Å². The standard InChI is InChI=1S/C15H22ClNO4S/c1-5-22(19,20)10-11(2)17(4)15(18)12(3)21-14-8-6-7-13(16)9-14/h6-9,11-12H,5,10H2,1-4H3/t11-,12+/m1/s1. The van der Waals surface area contributed by atoms with Crippen molar-refractivity contribution in [2.24, 2.45) is 0 Å². The Labute approximate surface area is 137 Å². The minimum Gasteiger partial charge on any atom is -0.481 e. The number of hydrogen-bond acceptors (Lipinski definition) is 4. The van der Waals surface area contributed by atoms with E-state index >= 15 is 0 Å². The summed E-state index contributed by atoms with van der Waals surface area (Å²) in [7, 11) is -1.56. The molecule has 0 heterocycles. The Balaban J connectivity index is 2.69. The lowest BCUT2D eigenvalue weighted by molar-refractivity contribution is -0.138. The van der Waals surface area contributed by atoms with Gasteiger partial charge in [-0.3, -0.25) is 4.79 Å². The number of benzene rings is 1. The second-order valence-electron chi connectivity index (χ2n) is 5.21. The molecule has 0 aliphatic carbocycles. The number of hydrogen-bond donors (Lipinski definition) is 0. The highest BCUT2D eigenvalue weighted by atomic mass is 35.5. The fraction of sp³-hybridized carbons (Fsp3) is 0.533. The van der Waals surface area contributed by atoms with Crippen LogP contribution >= 0.6 is 11.6 Å². The minimum absolute atomic E-state index is 0.0599. The van der Waals surface area contributed by atoms with Crippen LogP contribution in [0.15, 0.2) is 24.3 Å². The molecule has 0 unspecified atom stereocenters. The SMILES string of the molecule is CCS(=O)(=O)C[C@@H](C)N(C)C(=O)[C@H](C)Oc1cccc(Cl)c1. The first kappa shape index (κ1) is 18.8. The van der Waals surface area contributed by atoms with Gasteiger partial charge in [0.1, 0.15) is 5.75 Å². The third kappa shape index (κ3) is 5.50. The summed E-state index contributed by atoms with van der Waals surface area (Å²) in [6.45, 7) is 4.92. The van der Waals surface area contributed by atoms with Gasteiger partial charge >= 0.3 is 0 Å². The number of halogens is 1. The number of amides is 1. The number of carbonyl (C=O) groups is 1. The molecule has 1 aromatic carbocycles. The van der Waals surface area contributed by atoms with E-state index in [1.165, 1.54) is 4.90 Å². The molecule has 7 heteroatoms. The van der Waals surface area contributed by atoms with Crippen molar-refractivity contribution in [2.45, 2.75) is 32.9 Å². The molecule has 124 valence electrons. The maximum atomic E-state index is 12.3. The monoisotopic (exact) mass is 347 g/mol. The van der Waals surface area contributed by atoms with Crippen molar-refractivity contribution in [3.63, 3.8) is 0 Å². The van der Waals surface area contributed by atoms with E-state index in [1.54, 1.807) is 52.1 Å². The topological polar surface area (TPSA) is 63.7 Å². The summed E-state index contributed by atoms with van der Waals surface area (Å²) in [5, 5.41) is 0.521. The van der Waals surface area contributed by atoms with Crippen molar-refractivity contribution in [1.29, 1.82) is 0 Å². The van der Waals surface area contributed by atoms with Crippen molar-refractivity contribution >= 4 is 27.3 Å². The zero-order chi connectivity index (χ0) is 16.9. The molecule has 0 spiro atoms. The molecule has 1 aromatic rings. The Bertz CT molecular complexity index is 618. The highest BCUT2D eigenvalue weighted by Crippen LogP contribution is 2.19. The summed E-state index contributed by atoms with van der Waals surface area (Å²) < 4.78 is 28.9. The molecule has 1 amide bonds. The van der Waals surface area contributed by atoms with Crippen LogP contribution in [0.1, 0.15) is 20.8 Å². The molecule has 0 bridgehead atoms. The molecule has 22 heavy (non-hydrogen) atoms. The van der Waals surface area contributed by atoms with Crippen molar-refractivity contribution < 1.29 is 17.9 Å². The number of nitrogens with zero attached hydrogens (tertiary/aromatic N) is 1. The summed E-state index contributed by atoms with van der Waals surface area (Å²) in [4.78, 5) is 13.7. The zero-order valence-electron chi connectivity index (χ0n) is 13.2. The molecule has 1 rings (SSSR count). The highest BCUT2D eigenvalue weighted by molar-refractivity contribution is 7.91. The lowest BCUT2D eigenvalue weighted by Gasteiger charge is -2.27. The summed E-state index contributed by atoms with van der Waals surface area (Å²) in [6.07, 6.45) is -0.727. The predicted octanol–water partition coefficient (Wildman–Crippen LogP) is 2.39. The Morgan fingerprint density at radius 3 is 2.55 bits per heavy atom. The van der Waals surface area contributed by atoms with Gasteiger partial charge in [-0.15, -0.1) is 0 Å². The lowest BCUT2D eigenvalue weighted by atomic mass is 10.2. The van der Waals surface area contributed by atoms with Gasteiger partial charge in [0.2, 0.25) is 0 Å². The second kappa shape index (κ2) is 7.83. The maximum Gasteiger partial charge on any atom is 0.263 e. The number of likely N-dealkylation sites (N-methyl/N-ethyl adjacent to an activating group) is 1. The number of carbonyl (C=O) groups excluding carboxylic acids is 1. The van der Waals surface area contributed by atoms with E-state index in [9.17, 15) is 13.2 Å². The Morgan fingerprint density at radius 1 is 1.36 bits per heavy atom. The first-order valence-corrected chi connectivity index (χ1v) is 9.25. The van der Waals surface area contributed by atoms with Crippen LogP contribution in [0, 0.1) is 0 Å². The molecule has 0 aromatic heterocycles. The van der Waals surface area contributed by atoms with Crippen LogP contribution in [0.2, 0.25) is 5.02 Å². The van der Waals surface area contributed by atoms with Crippen LogP contribution < -0.4 is 4.74 Å². The quantitative estimate of drug-likeness (QED) is 0.759. The smallest absolute Gasteiger partial charge is 0.263 e. The molecule has 0 radical (unpaired) electrons. The summed E-state index contributed by atoms with van der Waals surface area (Å²) in [5.41, 5.74) is 0. The van der Waals surface area contributed by atoms with E-state index in [1.807, 2.05) is 0 Å². The van der Waals surface area contributed by atoms with Gasteiger partial charge in [0, 0.05) is 23.9 Å². The molecule has 0 aliphatic heterocycles. The molecule has 2 atom stereocenters. The van der Waals surface area contributed by atoms with Crippen LogP contribution in [0.5, 0.6) is 5.75 Å². The molecule has 0 aliphatic rings. The number of rotatable bonds is 7. The third-order valence-corrected chi connectivity index (χ3v) is 5.51. The molecule has 0 saturated heterocycles. The average molecular weight is 348 g/mol. The van der Waals surface area contributed by atoms with E-state index in [0.29, 0.717) is 10.8 Å². The molecule has 0 N–H and O–H groups in total. The van der Waals surface area contributed by atoms with Gasteiger partial charge in [0.15, 0.2) is 15.9 Å². The van der Waals surface area contributed by atoms with Gasteiger partial charge in [0.05, 0.1) is 5.75 Å². The van der Waals surface area contributed by atoms with Crippen LogP contribution in [-0.2, 0) is 14.6 Å². The van der Waals surface area contributed by atoms with Crippen LogP contribution in [-0.4, -0.2) is 49.9 Å². The summed E-state index contributed by atoms with van der Waals surface area (Å²) >= 11 is 5.87. The van der Waals surface area contributed by atoms with Crippen molar-refractivity contribution in [3.8, 4) is 5.75 Å². The van der Waals surface area contributed by atoms with E-state index in [2.05, 4.69) is 0 Å². The molecular formula is C15H22ClNO4S. The van der Waals surface area contributed by atoms with Crippen LogP contribution in [0.4, 0.5) is 0 Å². The maximum absolute atomic E-state index is 12.3. The Morgan fingerprint density at radius 2 is 2.00 bits per heavy atom. The molecule has 0 fully saturated rings. The van der Waals surface area contributed by atoms with Crippen LogP contribution in [0.25, 0.3) is 0 Å². The first-order chi connectivity index (χ1) is 10.2. The van der Waals surface area contributed by atoms with E-state index in [0.717, 1.165) is 0 Å². The molecule has 5 nitrogen and oxygen atoms in total. The normalized spacial score (nSPS) is 14.2.